The second-order valence-corrected chi connectivity index (χ2v) is 6.00. The summed E-state index contributed by atoms with van der Waals surface area (Å²) >= 11 is 9.23. The van der Waals surface area contributed by atoms with Crippen molar-refractivity contribution in [3.8, 4) is 5.75 Å². The third-order valence-electron chi connectivity index (χ3n) is 3.00. The van der Waals surface area contributed by atoms with Gasteiger partial charge in [-0.25, -0.2) is 4.39 Å². The highest BCUT2D eigenvalue weighted by atomic mass is 79.9. The molecule has 1 unspecified atom stereocenters. The van der Waals surface area contributed by atoms with Gasteiger partial charge in [-0.2, -0.15) is 0 Å². The van der Waals surface area contributed by atoms with Gasteiger partial charge in [0.25, 0.3) is 5.91 Å². The number of nitrogens with one attached hydrogen (secondary N) is 1. The van der Waals surface area contributed by atoms with Crippen LogP contribution in [0.5, 0.6) is 5.75 Å². The zero-order chi connectivity index (χ0) is 16.1. The van der Waals surface area contributed by atoms with E-state index in [0.29, 0.717) is 9.50 Å². The SMILES string of the molecule is CC(NC(=O)COc1ccc(Br)cc1F)c1ccccc1Cl. The lowest BCUT2D eigenvalue weighted by molar-refractivity contribution is -0.123. The van der Waals surface area contributed by atoms with Crippen LogP contribution in [-0.4, -0.2) is 12.5 Å². The van der Waals surface area contributed by atoms with Gasteiger partial charge in [0.05, 0.1) is 6.04 Å². The molecule has 2 aromatic carbocycles. The van der Waals surface area contributed by atoms with Crippen molar-refractivity contribution >= 4 is 33.4 Å². The van der Waals surface area contributed by atoms with Crippen molar-refractivity contribution in [1.29, 1.82) is 0 Å². The number of carbonyl (C=O) groups excluding carboxylic acids is 1. The van der Waals surface area contributed by atoms with Gasteiger partial charge in [-0.15, -0.1) is 0 Å². The Balaban J connectivity index is 1.92. The van der Waals surface area contributed by atoms with Gasteiger partial charge in [0.1, 0.15) is 0 Å². The molecule has 3 nitrogen and oxygen atoms in total. The van der Waals surface area contributed by atoms with Crippen LogP contribution in [0, 0.1) is 5.82 Å². The molecule has 0 aliphatic heterocycles. The Morgan fingerprint density at radius 1 is 1.36 bits per heavy atom. The van der Waals surface area contributed by atoms with Crippen molar-refractivity contribution in [2.24, 2.45) is 0 Å². The minimum Gasteiger partial charge on any atom is -0.481 e. The summed E-state index contributed by atoms with van der Waals surface area (Å²) in [5, 5.41) is 3.34. The van der Waals surface area contributed by atoms with Gasteiger partial charge in [0.2, 0.25) is 0 Å². The molecule has 2 rings (SSSR count). The standard InChI is InChI=1S/C16H14BrClFNO2/c1-10(12-4-2-3-5-13(12)18)20-16(21)9-22-15-7-6-11(17)8-14(15)19/h2-8,10H,9H2,1H3,(H,20,21). The minimum atomic E-state index is -0.527. The number of ether oxygens (including phenoxy) is 1. The molecule has 0 fully saturated rings. The molecule has 22 heavy (non-hydrogen) atoms. The fourth-order valence-corrected chi connectivity index (χ4v) is 2.56. The van der Waals surface area contributed by atoms with E-state index in [4.69, 9.17) is 16.3 Å². The van der Waals surface area contributed by atoms with Crippen molar-refractivity contribution in [3.63, 3.8) is 0 Å². The maximum atomic E-state index is 13.6. The molecule has 0 spiro atoms. The van der Waals surface area contributed by atoms with Gasteiger partial charge in [-0.3, -0.25) is 4.79 Å². The van der Waals surface area contributed by atoms with Crippen molar-refractivity contribution in [3.05, 3.63) is 63.3 Å². The number of hydrogen-bond donors (Lipinski definition) is 1. The minimum absolute atomic E-state index is 0.0312. The third kappa shape index (κ3) is 4.45. The lowest BCUT2D eigenvalue weighted by Crippen LogP contribution is -2.31. The van der Waals surface area contributed by atoms with E-state index in [9.17, 15) is 9.18 Å². The van der Waals surface area contributed by atoms with Crippen LogP contribution in [0.15, 0.2) is 46.9 Å². The lowest BCUT2D eigenvalue weighted by Gasteiger charge is -2.16. The van der Waals surface area contributed by atoms with E-state index in [-0.39, 0.29) is 24.3 Å². The summed E-state index contributed by atoms with van der Waals surface area (Å²) in [6, 6.07) is 11.4. The van der Waals surface area contributed by atoms with Crippen LogP contribution in [0.25, 0.3) is 0 Å². The maximum Gasteiger partial charge on any atom is 0.258 e. The first-order chi connectivity index (χ1) is 10.5. The van der Waals surface area contributed by atoms with Crippen LogP contribution in [0.4, 0.5) is 4.39 Å². The molecule has 0 saturated heterocycles. The van der Waals surface area contributed by atoms with Crippen LogP contribution in [0.3, 0.4) is 0 Å². The quantitative estimate of drug-likeness (QED) is 0.822. The normalized spacial score (nSPS) is 11.8. The van der Waals surface area contributed by atoms with E-state index >= 15 is 0 Å². The zero-order valence-corrected chi connectivity index (χ0v) is 14.1. The average Bonchev–Trinajstić information content (AvgIpc) is 2.46. The predicted molar refractivity (Wildman–Crippen MR) is 87.6 cm³/mol. The Hall–Kier alpha value is -1.59. The van der Waals surface area contributed by atoms with Crippen LogP contribution < -0.4 is 10.1 Å². The summed E-state index contributed by atoms with van der Waals surface area (Å²) in [5.41, 5.74) is 0.812. The Bertz CT molecular complexity index is 681. The van der Waals surface area contributed by atoms with Gasteiger partial charge < -0.3 is 10.1 Å². The fourth-order valence-electron chi connectivity index (χ4n) is 1.92. The van der Waals surface area contributed by atoms with E-state index in [1.165, 1.54) is 12.1 Å². The van der Waals surface area contributed by atoms with Crippen molar-refractivity contribution < 1.29 is 13.9 Å². The summed E-state index contributed by atoms with van der Waals surface area (Å²) in [7, 11) is 0. The topological polar surface area (TPSA) is 38.3 Å². The van der Waals surface area contributed by atoms with Gasteiger partial charge >= 0.3 is 0 Å². The van der Waals surface area contributed by atoms with Gasteiger partial charge in [-0.1, -0.05) is 45.7 Å². The van der Waals surface area contributed by atoms with E-state index in [1.54, 1.807) is 12.1 Å². The summed E-state index contributed by atoms with van der Waals surface area (Å²) in [4.78, 5) is 11.9. The van der Waals surface area contributed by atoms with E-state index in [1.807, 2.05) is 25.1 Å². The summed E-state index contributed by atoms with van der Waals surface area (Å²) < 4.78 is 19.4. The Morgan fingerprint density at radius 2 is 2.09 bits per heavy atom. The molecule has 0 bridgehead atoms. The monoisotopic (exact) mass is 385 g/mol. The Kier molecular flexibility index (Phi) is 5.80. The highest BCUT2D eigenvalue weighted by Gasteiger charge is 2.13. The second-order valence-electron chi connectivity index (χ2n) is 4.67. The van der Waals surface area contributed by atoms with Crippen molar-refractivity contribution in [2.75, 3.05) is 6.61 Å². The molecule has 0 radical (unpaired) electrons. The molecule has 0 saturated carbocycles. The highest BCUT2D eigenvalue weighted by Crippen LogP contribution is 2.23. The number of halogens is 3. The van der Waals surface area contributed by atoms with Gasteiger partial charge in [0.15, 0.2) is 18.2 Å². The van der Waals surface area contributed by atoms with Crippen LogP contribution in [-0.2, 0) is 4.79 Å². The van der Waals surface area contributed by atoms with Crippen molar-refractivity contribution in [1.82, 2.24) is 5.32 Å². The highest BCUT2D eigenvalue weighted by molar-refractivity contribution is 9.10. The Labute approximate surface area is 141 Å². The zero-order valence-electron chi connectivity index (χ0n) is 11.8. The van der Waals surface area contributed by atoms with Crippen LogP contribution in [0.1, 0.15) is 18.5 Å². The molecule has 6 heteroatoms. The first kappa shape index (κ1) is 16.8. The van der Waals surface area contributed by atoms with Gasteiger partial charge in [-0.05, 0) is 36.8 Å². The first-order valence-electron chi connectivity index (χ1n) is 6.59. The van der Waals surface area contributed by atoms with Crippen LogP contribution in [0.2, 0.25) is 5.02 Å². The molecule has 0 heterocycles. The average molecular weight is 387 g/mol. The molecule has 0 aliphatic rings. The van der Waals surface area contributed by atoms with Crippen molar-refractivity contribution in [2.45, 2.75) is 13.0 Å². The molecule has 0 aliphatic carbocycles. The molecular weight excluding hydrogens is 373 g/mol. The van der Waals surface area contributed by atoms with E-state index < -0.39 is 5.82 Å². The second kappa shape index (κ2) is 7.61. The molecule has 1 amide bonds. The number of hydrogen-bond acceptors (Lipinski definition) is 2. The number of amides is 1. The first-order valence-corrected chi connectivity index (χ1v) is 7.76. The van der Waals surface area contributed by atoms with E-state index in [0.717, 1.165) is 5.56 Å². The summed E-state index contributed by atoms with van der Waals surface area (Å²) in [6.45, 7) is 1.55. The summed E-state index contributed by atoms with van der Waals surface area (Å²) in [5.74, 6) is -0.847. The predicted octanol–water partition coefficient (Wildman–Crippen LogP) is 4.50. The lowest BCUT2D eigenvalue weighted by atomic mass is 10.1. The molecule has 116 valence electrons. The molecule has 2 aromatic rings. The maximum absolute atomic E-state index is 13.6. The fraction of sp³-hybridized carbons (Fsp3) is 0.188. The smallest absolute Gasteiger partial charge is 0.258 e. The van der Waals surface area contributed by atoms with E-state index in [2.05, 4.69) is 21.2 Å². The third-order valence-corrected chi connectivity index (χ3v) is 3.84. The molecular formula is C16H14BrClFNO2. The van der Waals surface area contributed by atoms with Gasteiger partial charge in [0, 0.05) is 9.50 Å². The Morgan fingerprint density at radius 3 is 2.77 bits per heavy atom. The molecule has 0 aromatic heterocycles. The number of carbonyl (C=O) groups is 1. The number of benzene rings is 2. The largest absolute Gasteiger partial charge is 0.481 e. The van der Waals surface area contributed by atoms with Crippen LogP contribution >= 0.6 is 27.5 Å². The number of rotatable bonds is 5. The molecule has 1 atom stereocenters. The molecule has 1 N–H and O–H groups in total. The summed E-state index contributed by atoms with van der Waals surface area (Å²) in [6.07, 6.45) is 0.